The van der Waals surface area contributed by atoms with E-state index in [4.69, 9.17) is 11.0 Å². The molecule has 5 nitrogen and oxygen atoms in total. The van der Waals surface area contributed by atoms with E-state index in [9.17, 15) is 4.79 Å². The van der Waals surface area contributed by atoms with Crippen LogP contribution in [0.4, 0.5) is 0 Å². The number of carbonyl (C=O) groups is 1. The molecule has 0 spiro atoms. The second-order valence-corrected chi connectivity index (χ2v) is 5.19. The van der Waals surface area contributed by atoms with Crippen molar-refractivity contribution >= 4 is 5.91 Å². The molecule has 1 amide bonds. The molecule has 0 radical (unpaired) electrons. The van der Waals surface area contributed by atoms with Gasteiger partial charge >= 0.3 is 0 Å². The summed E-state index contributed by atoms with van der Waals surface area (Å²) in [6, 6.07) is 5.88. The Morgan fingerprint density at radius 3 is 2.67 bits per heavy atom. The molecule has 5 heteroatoms. The summed E-state index contributed by atoms with van der Waals surface area (Å²) in [5.41, 5.74) is 6.29. The first kappa shape index (κ1) is 17.1. The minimum atomic E-state index is -0.530. The van der Waals surface area contributed by atoms with Gasteiger partial charge in [-0.3, -0.25) is 9.78 Å². The van der Waals surface area contributed by atoms with Crippen molar-refractivity contribution in [3.05, 3.63) is 30.1 Å². The van der Waals surface area contributed by atoms with Crippen LogP contribution in [0.5, 0.6) is 0 Å². The van der Waals surface area contributed by atoms with Gasteiger partial charge in [-0.1, -0.05) is 19.9 Å². The van der Waals surface area contributed by atoms with Crippen molar-refractivity contribution in [2.45, 2.75) is 39.7 Å². The molecule has 0 aliphatic carbocycles. The fraction of sp³-hybridized carbons (Fsp3) is 0.562. The molecular formula is C16H24N4O. The maximum absolute atomic E-state index is 12.9. The number of hydrogen-bond acceptors (Lipinski definition) is 4. The molecule has 0 aliphatic rings. The van der Waals surface area contributed by atoms with E-state index < -0.39 is 5.41 Å². The van der Waals surface area contributed by atoms with Gasteiger partial charge in [-0.15, -0.1) is 0 Å². The van der Waals surface area contributed by atoms with Gasteiger partial charge in [-0.2, -0.15) is 5.26 Å². The number of nitrogens with zero attached hydrogens (tertiary/aromatic N) is 3. The Morgan fingerprint density at radius 2 is 2.19 bits per heavy atom. The molecule has 1 heterocycles. The van der Waals surface area contributed by atoms with Crippen LogP contribution in [0.2, 0.25) is 0 Å². The molecule has 0 aromatic carbocycles. The van der Waals surface area contributed by atoms with Crippen LogP contribution in [0, 0.1) is 16.7 Å². The third-order valence-electron chi connectivity index (χ3n) is 4.07. The van der Waals surface area contributed by atoms with Crippen LogP contribution in [-0.4, -0.2) is 28.9 Å². The standard InChI is InChI=1S/C16H24N4O/c1-3-16(4-2,13-18)15(21)20(10-6-8-17)12-14-7-5-9-19-11-14/h5,7,9,11H,3-4,6,10,12-13,18H2,1-2H3. The summed E-state index contributed by atoms with van der Waals surface area (Å²) >= 11 is 0. The number of nitriles is 1. The van der Waals surface area contributed by atoms with Gasteiger partial charge in [-0.05, 0) is 24.5 Å². The highest BCUT2D eigenvalue weighted by Crippen LogP contribution is 2.28. The molecule has 0 aliphatic heterocycles. The molecule has 0 bridgehead atoms. The maximum Gasteiger partial charge on any atom is 0.230 e. The molecule has 1 aromatic heterocycles. The summed E-state index contributed by atoms with van der Waals surface area (Å²) in [6.45, 7) is 5.19. The van der Waals surface area contributed by atoms with Gasteiger partial charge in [0.05, 0.1) is 17.9 Å². The predicted molar refractivity (Wildman–Crippen MR) is 82.0 cm³/mol. The number of nitrogens with two attached hydrogens (primary N) is 1. The lowest BCUT2D eigenvalue weighted by Crippen LogP contribution is -2.47. The maximum atomic E-state index is 12.9. The zero-order chi connectivity index (χ0) is 15.7. The summed E-state index contributed by atoms with van der Waals surface area (Å²) in [7, 11) is 0. The fourth-order valence-electron chi connectivity index (χ4n) is 2.41. The van der Waals surface area contributed by atoms with E-state index in [2.05, 4.69) is 11.1 Å². The van der Waals surface area contributed by atoms with Gasteiger partial charge in [0.1, 0.15) is 0 Å². The third kappa shape index (κ3) is 4.27. The lowest BCUT2D eigenvalue weighted by molar-refractivity contribution is -0.142. The van der Waals surface area contributed by atoms with Crippen molar-refractivity contribution in [2.24, 2.45) is 11.1 Å². The summed E-state index contributed by atoms with van der Waals surface area (Å²) in [5, 5.41) is 8.81. The average Bonchev–Trinajstić information content (AvgIpc) is 2.54. The number of rotatable bonds is 8. The highest BCUT2D eigenvalue weighted by atomic mass is 16.2. The van der Waals surface area contributed by atoms with Gasteiger partial charge in [0.25, 0.3) is 0 Å². The topological polar surface area (TPSA) is 83.0 Å². The SMILES string of the molecule is CCC(CC)(CN)C(=O)N(CCC#N)Cc1cccnc1. The van der Waals surface area contributed by atoms with Crippen molar-refractivity contribution < 1.29 is 4.79 Å². The minimum Gasteiger partial charge on any atom is -0.337 e. The van der Waals surface area contributed by atoms with E-state index in [0.29, 0.717) is 38.9 Å². The molecule has 0 saturated heterocycles. The fourth-order valence-corrected chi connectivity index (χ4v) is 2.41. The first-order valence-corrected chi connectivity index (χ1v) is 7.38. The highest BCUT2D eigenvalue weighted by Gasteiger charge is 2.36. The zero-order valence-electron chi connectivity index (χ0n) is 12.9. The molecular weight excluding hydrogens is 264 g/mol. The average molecular weight is 288 g/mol. The van der Waals surface area contributed by atoms with E-state index in [1.807, 2.05) is 26.0 Å². The first-order valence-electron chi connectivity index (χ1n) is 7.38. The molecule has 21 heavy (non-hydrogen) atoms. The Bertz CT molecular complexity index is 469. The van der Waals surface area contributed by atoms with E-state index >= 15 is 0 Å². The second-order valence-electron chi connectivity index (χ2n) is 5.19. The molecule has 1 aromatic rings. The van der Waals surface area contributed by atoms with Crippen molar-refractivity contribution in [1.82, 2.24) is 9.88 Å². The molecule has 114 valence electrons. The summed E-state index contributed by atoms with van der Waals surface area (Å²) in [5.74, 6) is 0.0362. The Labute approximate surface area is 126 Å². The summed E-state index contributed by atoms with van der Waals surface area (Å²) in [4.78, 5) is 18.7. The van der Waals surface area contributed by atoms with Crippen molar-refractivity contribution in [2.75, 3.05) is 13.1 Å². The smallest absolute Gasteiger partial charge is 0.230 e. The lowest BCUT2D eigenvalue weighted by Gasteiger charge is -2.35. The Kier molecular flexibility index (Phi) is 6.83. The monoisotopic (exact) mass is 288 g/mol. The van der Waals surface area contributed by atoms with E-state index in [0.717, 1.165) is 5.56 Å². The number of pyridine rings is 1. The zero-order valence-corrected chi connectivity index (χ0v) is 12.9. The van der Waals surface area contributed by atoms with Gasteiger partial charge in [-0.25, -0.2) is 0 Å². The molecule has 0 saturated carbocycles. The minimum absolute atomic E-state index is 0.0362. The predicted octanol–water partition coefficient (Wildman–Crippen LogP) is 2.09. The number of carbonyl (C=O) groups excluding carboxylic acids is 1. The third-order valence-corrected chi connectivity index (χ3v) is 4.07. The summed E-state index contributed by atoms with van der Waals surface area (Å²) < 4.78 is 0. The van der Waals surface area contributed by atoms with Crippen LogP contribution in [0.25, 0.3) is 0 Å². The largest absolute Gasteiger partial charge is 0.337 e. The van der Waals surface area contributed by atoms with Crippen LogP contribution in [0.1, 0.15) is 38.7 Å². The first-order chi connectivity index (χ1) is 10.1. The van der Waals surface area contributed by atoms with Gasteiger partial charge in [0, 0.05) is 32.0 Å². The van der Waals surface area contributed by atoms with Crippen LogP contribution in [0.15, 0.2) is 24.5 Å². The van der Waals surface area contributed by atoms with Crippen molar-refractivity contribution in [3.8, 4) is 6.07 Å². The van der Waals surface area contributed by atoms with Crippen LogP contribution >= 0.6 is 0 Å². The molecule has 0 atom stereocenters. The van der Waals surface area contributed by atoms with Gasteiger partial charge < -0.3 is 10.6 Å². The Morgan fingerprint density at radius 1 is 1.48 bits per heavy atom. The van der Waals surface area contributed by atoms with E-state index in [1.165, 1.54) is 0 Å². The second kappa shape index (κ2) is 8.38. The van der Waals surface area contributed by atoms with Crippen LogP contribution in [-0.2, 0) is 11.3 Å². The normalized spacial score (nSPS) is 11.0. The summed E-state index contributed by atoms with van der Waals surface area (Å²) in [6.07, 6.45) is 5.17. The van der Waals surface area contributed by atoms with Crippen molar-refractivity contribution in [3.63, 3.8) is 0 Å². The van der Waals surface area contributed by atoms with E-state index in [1.54, 1.807) is 17.3 Å². The Hall–Kier alpha value is -1.93. The number of amides is 1. The van der Waals surface area contributed by atoms with E-state index in [-0.39, 0.29) is 5.91 Å². The van der Waals surface area contributed by atoms with Crippen LogP contribution < -0.4 is 5.73 Å². The lowest BCUT2D eigenvalue weighted by atomic mass is 9.80. The number of aromatic nitrogens is 1. The quantitative estimate of drug-likeness (QED) is 0.794. The van der Waals surface area contributed by atoms with Gasteiger partial charge in [0.2, 0.25) is 5.91 Å². The molecule has 1 rings (SSSR count). The Balaban J connectivity index is 2.96. The molecule has 2 N–H and O–H groups in total. The molecule has 0 unspecified atom stereocenters. The van der Waals surface area contributed by atoms with Crippen molar-refractivity contribution in [1.29, 1.82) is 5.26 Å². The number of hydrogen-bond donors (Lipinski definition) is 1. The van der Waals surface area contributed by atoms with Crippen LogP contribution in [0.3, 0.4) is 0 Å². The van der Waals surface area contributed by atoms with Gasteiger partial charge in [0.15, 0.2) is 0 Å². The highest BCUT2D eigenvalue weighted by molar-refractivity contribution is 5.83. The molecule has 0 fully saturated rings.